The highest BCUT2D eigenvalue weighted by atomic mass is 16.5. The van der Waals surface area contributed by atoms with Crippen molar-refractivity contribution in [2.45, 2.75) is 44.9 Å². The minimum Gasteiger partial charge on any atom is -0.394 e. The van der Waals surface area contributed by atoms with E-state index < -0.39 is 0 Å². The van der Waals surface area contributed by atoms with E-state index in [1.807, 2.05) is 4.90 Å². The van der Waals surface area contributed by atoms with Gasteiger partial charge in [0.25, 0.3) is 0 Å². The van der Waals surface area contributed by atoms with E-state index in [1.165, 1.54) is 0 Å². The van der Waals surface area contributed by atoms with E-state index in [-0.39, 0.29) is 31.3 Å². The first-order valence-electron chi connectivity index (χ1n) is 6.87. The highest BCUT2D eigenvalue weighted by Gasteiger charge is 2.34. The van der Waals surface area contributed by atoms with E-state index in [0.717, 1.165) is 25.9 Å². The summed E-state index contributed by atoms with van der Waals surface area (Å²) < 4.78 is 5.28. The highest BCUT2D eigenvalue weighted by molar-refractivity contribution is 5.78. The van der Waals surface area contributed by atoms with Crippen molar-refractivity contribution < 1.29 is 14.6 Å². The summed E-state index contributed by atoms with van der Waals surface area (Å²) in [6.45, 7) is 7.09. The second kappa shape index (κ2) is 5.99. The number of ether oxygens (including phenoxy) is 1. The monoisotopic (exact) mass is 256 g/mol. The molecular formula is C13H24N2O3. The molecule has 0 aromatic heterocycles. The molecule has 0 radical (unpaired) electrons. The van der Waals surface area contributed by atoms with Gasteiger partial charge in [-0.3, -0.25) is 9.69 Å². The minimum absolute atomic E-state index is 0.00953. The molecule has 0 aliphatic carbocycles. The average Bonchev–Trinajstić information content (AvgIpc) is 2.39. The third-order valence-corrected chi connectivity index (χ3v) is 3.97. The molecule has 1 N–H and O–H groups in total. The average molecular weight is 256 g/mol. The second-order valence-corrected chi connectivity index (χ2v) is 5.55. The first-order chi connectivity index (χ1) is 8.61. The van der Waals surface area contributed by atoms with Crippen molar-refractivity contribution in [2.75, 3.05) is 32.8 Å². The number of hydrogen-bond donors (Lipinski definition) is 1. The summed E-state index contributed by atoms with van der Waals surface area (Å²) in [5.74, 6) is 0.0651. The zero-order valence-electron chi connectivity index (χ0n) is 11.3. The van der Waals surface area contributed by atoms with Crippen LogP contribution in [0.5, 0.6) is 0 Å². The lowest BCUT2D eigenvalue weighted by atomic mass is 10.0. The zero-order valence-corrected chi connectivity index (χ0v) is 11.3. The quantitative estimate of drug-likeness (QED) is 0.777. The topological polar surface area (TPSA) is 53.0 Å². The molecule has 2 saturated heterocycles. The summed E-state index contributed by atoms with van der Waals surface area (Å²) in [5.41, 5.74) is 0. The molecule has 18 heavy (non-hydrogen) atoms. The van der Waals surface area contributed by atoms with Crippen LogP contribution in [0.3, 0.4) is 0 Å². The third kappa shape index (κ3) is 3.02. The highest BCUT2D eigenvalue weighted by Crippen LogP contribution is 2.20. The van der Waals surface area contributed by atoms with Gasteiger partial charge in [-0.05, 0) is 33.2 Å². The van der Waals surface area contributed by atoms with E-state index in [4.69, 9.17) is 9.84 Å². The van der Waals surface area contributed by atoms with Crippen molar-refractivity contribution in [1.29, 1.82) is 0 Å². The lowest BCUT2D eigenvalue weighted by Gasteiger charge is -2.43. The number of morpholine rings is 1. The maximum absolute atomic E-state index is 11.9. The van der Waals surface area contributed by atoms with Gasteiger partial charge in [-0.25, -0.2) is 0 Å². The van der Waals surface area contributed by atoms with Gasteiger partial charge in [0, 0.05) is 25.2 Å². The summed E-state index contributed by atoms with van der Waals surface area (Å²) in [5, 5.41) is 9.16. The van der Waals surface area contributed by atoms with Gasteiger partial charge in [-0.1, -0.05) is 0 Å². The summed E-state index contributed by atoms with van der Waals surface area (Å²) in [7, 11) is 0. The fourth-order valence-corrected chi connectivity index (χ4v) is 2.82. The Morgan fingerprint density at radius 3 is 2.89 bits per heavy atom. The minimum atomic E-state index is -0.211. The molecule has 2 atom stereocenters. The van der Waals surface area contributed by atoms with Crippen LogP contribution in [0.4, 0.5) is 0 Å². The summed E-state index contributed by atoms with van der Waals surface area (Å²) >= 11 is 0. The molecule has 0 saturated carbocycles. The number of hydrogen-bond acceptors (Lipinski definition) is 4. The van der Waals surface area contributed by atoms with Crippen LogP contribution < -0.4 is 0 Å². The standard InChI is InChI=1S/C13H24N2O3/c1-10(2)14-5-3-4-11(6-14)15-7-12(8-16)18-9-13(15)17/h10-12,16H,3-9H2,1-2H3. The fourth-order valence-electron chi connectivity index (χ4n) is 2.82. The predicted molar refractivity (Wildman–Crippen MR) is 68.3 cm³/mol. The Bertz CT molecular complexity index is 296. The smallest absolute Gasteiger partial charge is 0.248 e. The van der Waals surface area contributed by atoms with E-state index in [1.54, 1.807) is 0 Å². The van der Waals surface area contributed by atoms with Crippen LogP contribution >= 0.6 is 0 Å². The number of rotatable bonds is 3. The molecule has 2 aliphatic rings. The van der Waals surface area contributed by atoms with E-state index in [0.29, 0.717) is 12.6 Å². The van der Waals surface area contributed by atoms with Crippen molar-refractivity contribution in [1.82, 2.24) is 9.80 Å². The summed E-state index contributed by atoms with van der Waals surface area (Å²) in [6.07, 6.45) is 1.99. The van der Waals surface area contributed by atoms with Gasteiger partial charge in [0.15, 0.2) is 0 Å². The molecule has 2 aliphatic heterocycles. The molecule has 0 bridgehead atoms. The molecule has 104 valence electrons. The van der Waals surface area contributed by atoms with Gasteiger partial charge < -0.3 is 14.7 Å². The maximum atomic E-state index is 11.9. The maximum Gasteiger partial charge on any atom is 0.248 e. The molecule has 5 heteroatoms. The van der Waals surface area contributed by atoms with Crippen molar-refractivity contribution in [3.63, 3.8) is 0 Å². The van der Waals surface area contributed by atoms with Gasteiger partial charge in [0.1, 0.15) is 6.61 Å². The van der Waals surface area contributed by atoms with Crippen molar-refractivity contribution in [3.8, 4) is 0 Å². The number of carbonyl (C=O) groups is 1. The van der Waals surface area contributed by atoms with Crippen molar-refractivity contribution >= 4 is 5.91 Å². The first-order valence-corrected chi connectivity index (χ1v) is 6.87. The number of amides is 1. The molecule has 0 spiro atoms. The normalized spacial score (nSPS) is 31.1. The van der Waals surface area contributed by atoms with Crippen LogP contribution in [0.2, 0.25) is 0 Å². The Morgan fingerprint density at radius 1 is 1.44 bits per heavy atom. The van der Waals surface area contributed by atoms with Crippen LogP contribution in [0, 0.1) is 0 Å². The number of piperidine rings is 1. The molecule has 2 heterocycles. The number of aliphatic hydroxyl groups excluding tert-OH is 1. The number of carbonyl (C=O) groups excluding carboxylic acids is 1. The van der Waals surface area contributed by atoms with Crippen LogP contribution in [0.1, 0.15) is 26.7 Å². The van der Waals surface area contributed by atoms with Crippen LogP contribution in [0.15, 0.2) is 0 Å². The van der Waals surface area contributed by atoms with Crippen molar-refractivity contribution in [3.05, 3.63) is 0 Å². The van der Waals surface area contributed by atoms with Gasteiger partial charge in [-0.2, -0.15) is 0 Å². The Labute approximate surface area is 109 Å². The Hall–Kier alpha value is -0.650. The molecule has 2 unspecified atom stereocenters. The van der Waals surface area contributed by atoms with Gasteiger partial charge in [-0.15, -0.1) is 0 Å². The van der Waals surface area contributed by atoms with E-state index >= 15 is 0 Å². The van der Waals surface area contributed by atoms with Crippen molar-refractivity contribution in [2.24, 2.45) is 0 Å². The van der Waals surface area contributed by atoms with E-state index in [2.05, 4.69) is 18.7 Å². The number of nitrogens with zero attached hydrogens (tertiary/aromatic N) is 2. The lowest BCUT2D eigenvalue weighted by molar-refractivity contribution is -0.156. The first kappa shape index (κ1) is 13.8. The number of aliphatic hydroxyl groups is 1. The molecular weight excluding hydrogens is 232 g/mol. The molecule has 5 nitrogen and oxygen atoms in total. The van der Waals surface area contributed by atoms with Gasteiger partial charge in [0.2, 0.25) is 5.91 Å². The molecule has 1 amide bonds. The lowest BCUT2D eigenvalue weighted by Crippen LogP contribution is -2.57. The molecule has 2 fully saturated rings. The zero-order chi connectivity index (χ0) is 13.1. The summed E-state index contributed by atoms with van der Waals surface area (Å²) in [4.78, 5) is 16.3. The third-order valence-electron chi connectivity index (χ3n) is 3.97. The number of likely N-dealkylation sites (tertiary alicyclic amines) is 1. The van der Waals surface area contributed by atoms with Gasteiger partial charge in [0.05, 0.1) is 12.7 Å². The van der Waals surface area contributed by atoms with Crippen LogP contribution in [-0.4, -0.2) is 71.8 Å². The molecule has 2 rings (SSSR count). The Balaban J connectivity index is 1.98. The predicted octanol–water partition coefficient (Wildman–Crippen LogP) is 0.0789. The molecule has 0 aromatic carbocycles. The fraction of sp³-hybridized carbons (Fsp3) is 0.923. The Kier molecular flexibility index (Phi) is 4.59. The Morgan fingerprint density at radius 2 is 2.22 bits per heavy atom. The molecule has 0 aromatic rings. The second-order valence-electron chi connectivity index (χ2n) is 5.55. The van der Waals surface area contributed by atoms with Gasteiger partial charge >= 0.3 is 0 Å². The van der Waals surface area contributed by atoms with Crippen LogP contribution in [-0.2, 0) is 9.53 Å². The summed E-state index contributed by atoms with van der Waals surface area (Å²) in [6, 6.07) is 0.809. The largest absolute Gasteiger partial charge is 0.394 e. The van der Waals surface area contributed by atoms with E-state index in [9.17, 15) is 4.79 Å². The van der Waals surface area contributed by atoms with Crippen LogP contribution in [0.25, 0.3) is 0 Å². The SMILES string of the molecule is CC(C)N1CCCC(N2CC(CO)OCC2=O)C1.